The number of nitrogens with zero attached hydrogens (tertiary/aromatic N) is 1. The third-order valence-corrected chi connectivity index (χ3v) is 2.95. The van der Waals surface area contributed by atoms with Crippen LogP contribution in [-0.4, -0.2) is 23.4 Å². The Balaban J connectivity index is 2.74. The quantitative estimate of drug-likeness (QED) is 0.717. The number of benzene rings is 1. The number of ether oxygens (including phenoxy) is 2. The average Bonchev–Trinajstić information content (AvgIpc) is 2.80. The van der Waals surface area contributed by atoms with Crippen molar-refractivity contribution >= 4 is 17.0 Å². The van der Waals surface area contributed by atoms with Crippen LogP contribution in [0.15, 0.2) is 18.2 Å². The van der Waals surface area contributed by atoms with Crippen molar-refractivity contribution in [2.75, 3.05) is 7.11 Å². The summed E-state index contributed by atoms with van der Waals surface area (Å²) in [6, 6.07) is 2.94. The highest BCUT2D eigenvalue weighted by molar-refractivity contribution is 5.92. The zero-order valence-electron chi connectivity index (χ0n) is 12.9. The van der Waals surface area contributed by atoms with Gasteiger partial charge in [0.1, 0.15) is 11.3 Å². The van der Waals surface area contributed by atoms with E-state index in [4.69, 9.17) is 4.74 Å². The van der Waals surface area contributed by atoms with Crippen molar-refractivity contribution in [2.24, 2.45) is 0 Å². The first-order chi connectivity index (χ1) is 10.5. The summed E-state index contributed by atoms with van der Waals surface area (Å²) in [5.41, 5.74) is -2.29. The number of carbonyl (C=O) groups excluding carboxylic acids is 1. The summed E-state index contributed by atoms with van der Waals surface area (Å²) < 4.78 is 63.8. The van der Waals surface area contributed by atoms with Gasteiger partial charge in [0.25, 0.3) is 0 Å². The normalized spacial score (nSPS) is 12.5. The first kappa shape index (κ1) is 17.1. The number of alkyl halides is 3. The van der Waals surface area contributed by atoms with Crippen LogP contribution < -0.4 is 4.74 Å². The van der Waals surface area contributed by atoms with E-state index >= 15 is 0 Å². The zero-order valence-corrected chi connectivity index (χ0v) is 12.9. The summed E-state index contributed by atoms with van der Waals surface area (Å²) >= 11 is 0. The van der Waals surface area contributed by atoms with Gasteiger partial charge in [-0.1, -0.05) is 0 Å². The summed E-state index contributed by atoms with van der Waals surface area (Å²) in [6.45, 7) is 5.03. The standard InChI is InChI=1S/C15H15F4NO3/c1-14(2,3)23-10-6-5-9-8(12(10)16)7-11(15(17,18)19)20(9)13(21)22-4/h5-7H,1-4H3. The van der Waals surface area contributed by atoms with Gasteiger partial charge in [0.15, 0.2) is 11.6 Å². The van der Waals surface area contributed by atoms with E-state index in [0.717, 1.165) is 7.11 Å². The minimum absolute atomic E-state index is 0.194. The van der Waals surface area contributed by atoms with Crippen LogP contribution in [0.4, 0.5) is 22.4 Å². The maximum atomic E-state index is 14.5. The molecule has 0 amide bonds. The molecule has 0 unspecified atom stereocenters. The van der Waals surface area contributed by atoms with Gasteiger partial charge in [0.2, 0.25) is 0 Å². The largest absolute Gasteiger partial charge is 0.485 e. The first-order valence-corrected chi connectivity index (χ1v) is 6.64. The summed E-state index contributed by atoms with van der Waals surface area (Å²) in [6.07, 6.45) is -6.10. The third-order valence-electron chi connectivity index (χ3n) is 2.95. The lowest BCUT2D eigenvalue weighted by Crippen LogP contribution is -2.23. The van der Waals surface area contributed by atoms with Crippen LogP contribution in [0.2, 0.25) is 0 Å². The van der Waals surface area contributed by atoms with E-state index < -0.39 is 29.4 Å². The number of fused-ring (bicyclic) bond motifs is 1. The van der Waals surface area contributed by atoms with Gasteiger partial charge in [-0.05, 0) is 39.0 Å². The number of aromatic nitrogens is 1. The molecule has 126 valence electrons. The predicted octanol–water partition coefficient (Wildman–Crippen LogP) is 4.59. The molecule has 0 atom stereocenters. The van der Waals surface area contributed by atoms with E-state index in [-0.39, 0.29) is 16.7 Å². The summed E-state index contributed by atoms with van der Waals surface area (Å²) in [5, 5.41) is -0.371. The fourth-order valence-corrected chi connectivity index (χ4v) is 2.13. The number of halogens is 4. The molecular formula is C15H15F4NO3. The molecule has 0 radical (unpaired) electrons. The molecule has 4 nitrogen and oxygen atoms in total. The Morgan fingerprint density at radius 2 is 1.78 bits per heavy atom. The van der Waals surface area contributed by atoms with E-state index in [9.17, 15) is 22.4 Å². The van der Waals surface area contributed by atoms with Crippen molar-refractivity contribution in [3.05, 3.63) is 29.7 Å². The van der Waals surface area contributed by atoms with Gasteiger partial charge in [-0.25, -0.2) is 13.8 Å². The van der Waals surface area contributed by atoms with Gasteiger partial charge in [-0.3, -0.25) is 0 Å². The zero-order chi connectivity index (χ0) is 17.6. The maximum Gasteiger partial charge on any atom is 0.432 e. The molecule has 0 aliphatic rings. The van der Waals surface area contributed by atoms with Crippen LogP contribution in [-0.2, 0) is 10.9 Å². The lowest BCUT2D eigenvalue weighted by molar-refractivity contribution is -0.142. The fourth-order valence-electron chi connectivity index (χ4n) is 2.13. The lowest BCUT2D eigenvalue weighted by Gasteiger charge is -2.21. The van der Waals surface area contributed by atoms with Crippen molar-refractivity contribution in [1.29, 1.82) is 0 Å². The number of methoxy groups -OCH3 is 1. The van der Waals surface area contributed by atoms with Gasteiger partial charge < -0.3 is 9.47 Å². The molecule has 0 aliphatic carbocycles. The Labute approximate surface area is 129 Å². The molecule has 0 spiro atoms. The number of rotatable bonds is 1. The lowest BCUT2D eigenvalue weighted by atomic mass is 10.1. The molecule has 1 aromatic heterocycles. The van der Waals surface area contributed by atoms with Gasteiger partial charge in [0, 0.05) is 5.39 Å². The van der Waals surface area contributed by atoms with Crippen molar-refractivity contribution in [2.45, 2.75) is 32.5 Å². The third kappa shape index (κ3) is 3.25. The fraction of sp³-hybridized carbons (Fsp3) is 0.400. The van der Waals surface area contributed by atoms with Crippen LogP contribution in [0, 0.1) is 5.82 Å². The average molecular weight is 333 g/mol. The molecule has 2 aromatic rings. The highest BCUT2D eigenvalue weighted by atomic mass is 19.4. The highest BCUT2D eigenvalue weighted by Crippen LogP contribution is 2.37. The molecule has 0 saturated heterocycles. The molecule has 0 bridgehead atoms. The molecule has 0 N–H and O–H groups in total. The second-order valence-corrected chi connectivity index (χ2v) is 5.86. The molecule has 8 heteroatoms. The Morgan fingerprint density at radius 3 is 2.26 bits per heavy atom. The van der Waals surface area contributed by atoms with Crippen LogP contribution in [0.5, 0.6) is 5.75 Å². The molecular weight excluding hydrogens is 318 g/mol. The van der Waals surface area contributed by atoms with Gasteiger partial charge >= 0.3 is 12.3 Å². The summed E-state index contributed by atoms with van der Waals surface area (Å²) in [5.74, 6) is -1.16. The molecule has 23 heavy (non-hydrogen) atoms. The Hall–Kier alpha value is -2.25. The number of hydrogen-bond acceptors (Lipinski definition) is 3. The molecule has 2 rings (SSSR count). The molecule has 0 fully saturated rings. The molecule has 1 aromatic carbocycles. The number of carbonyl (C=O) groups is 1. The molecule has 1 heterocycles. The number of hydrogen-bond donors (Lipinski definition) is 0. The minimum Gasteiger partial charge on any atom is -0.485 e. The van der Waals surface area contributed by atoms with Gasteiger partial charge in [-0.2, -0.15) is 13.2 Å². The van der Waals surface area contributed by atoms with E-state index in [1.54, 1.807) is 20.8 Å². The van der Waals surface area contributed by atoms with E-state index in [2.05, 4.69) is 4.74 Å². The summed E-state index contributed by atoms with van der Waals surface area (Å²) in [4.78, 5) is 11.7. The SMILES string of the molecule is COC(=O)n1c(C(F)(F)F)cc2c(F)c(OC(C)(C)C)ccc21. The van der Waals surface area contributed by atoms with E-state index in [1.807, 2.05) is 0 Å². The monoisotopic (exact) mass is 333 g/mol. The highest BCUT2D eigenvalue weighted by Gasteiger charge is 2.38. The van der Waals surface area contributed by atoms with E-state index in [0.29, 0.717) is 10.6 Å². The Bertz CT molecular complexity index is 757. The first-order valence-electron chi connectivity index (χ1n) is 6.64. The van der Waals surface area contributed by atoms with E-state index in [1.165, 1.54) is 12.1 Å². The smallest absolute Gasteiger partial charge is 0.432 e. The van der Waals surface area contributed by atoms with Crippen LogP contribution >= 0.6 is 0 Å². The van der Waals surface area contributed by atoms with Crippen LogP contribution in [0.3, 0.4) is 0 Å². The molecule has 0 saturated carbocycles. The second kappa shape index (κ2) is 5.43. The summed E-state index contributed by atoms with van der Waals surface area (Å²) in [7, 11) is 0.946. The Morgan fingerprint density at radius 1 is 1.17 bits per heavy atom. The predicted molar refractivity (Wildman–Crippen MR) is 75.1 cm³/mol. The van der Waals surface area contributed by atoms with Crippen molar-refractivity contribution < 1.29 is 31.8 Å². The van der Waals surface area contributed by atoms with Gasteiger partial charge in [-0.15, -0.1) is 0 Å². The Kier molecular flexibility index (Phi) is 4.04. The minimum atomic E-state index is -4.84. The topological polar surface area (TPSA) is 40.5 Å². The van der Waals surface area contributed by atoms with Crippen LogP contribution in [0.25, 0.3) is 10.9 Å². The molecule has 0 aliphatic heterocycles. The van der Waals surface area contributed by atoms with Crippen molar-refractivity contribution in [1.82, 2.24) is 4.57 Å². The van der Waals surface area contributed by atoms with Gasteiger partial charge in [0.05, 0.1) is 12.6 Å². The van der Waals surface area contributed by atoms with Crippen LogP contribution in [0.1, 0.15) is 26.5 Å². The second-order valence-electron chi connectivity index (χ2n) is 5.86. The van der Waals surface area contributed by atoms with Crippen molar-refractivity contribution in [3.8, 4) is 5.75 Å². The maximum absolute atomic E-state index is 14.5. The van der Waals surface area contributed by atoms with Crippen molar-refractivity contribution in [3.63, 3.8) is 0 Å².